The van der Waals surface area contributed by atoms with Crippen molar-refractivity contribution in [1.29, 1.82) is 0 Å². The van der Waals surface area contributed by atoms with Gasteiger partial charge in [-0.15, -0.1) is 0 Å². The number of nitrogens with one attached hydrogen (secondary N) is 1. The fourth-order valence-corrected chi connectivity index (χ4v) is 2.25. The van der Waals surface area contributed by atoms with E-state index in [1.807, 2.05) is 0 Å². The lowest BCUT2D eigenvalue weighted by molar-refractivity contribution is -0.385. The number of methoxy groups -OCH3 is 1. The van der Waals surface area contributed by atoms with Crippen LogP contribution >= 0.6 is 0 Å². The van der Waals surface area contributed by atoms with E-state index in [2.05, 4.69) is 5.32 Å². The Morgan fingerprint density at radius 1 is 1.28 bits per heavy atom. The molecule has 0 saturated heterocycles. The second-order valence-corrected chi connectivity index (χ2v) is 5.03. The molecule has 128 valence electrons. The summed E-state index contributed by atoms with van der Waals surface area (Å²) in [6, 6.07) is 8.18. The number of benzene rings is 2. The Bertz CT molecular complexity index is 879. The molecule has 3 rings (SSSR count). The Morgan fingerprint density at radius 2 is 2.08 bits per heavy atom. The number of ether oxygens (including phenoxy) is 3. The molecule has 1 amide bonds. The van der Waals surface area contributed by atoms with Crippen LogP contribution in [-0.4, -0.2) is 30.5 Å². The quantitative estimate of drug-likeness (QED) is 0.391. The molecular weight excluding hydrogens is 332 g/mol. The van der Waals surface area contributed by atoms with Gasteiger partial charge in [-0.3, -0.25) is 14.9 Å². The van der Waals surface area contributed by atoms with E-state index in [0.29, 0.717) is 11.4 Å². The molecule has 2 aromatic carbocycles. The summed E-state index contributed by atoms with van der Waals surface area (Å²) in [6.45, 7) is -0.0747. The molecule has 9 heteroatoms. The number of nitro benzene ring substituents is 1. The predicted octanol–water partition coefficient (Wildman–Crippen LogP) is 2.15. The summed E-state index contributed by atoms with van der Waals surface area (Å²) in [4.78, 5) is 33.8. The fourth-order valence-electron chi connectivity index (χ4n) is 2.25. The number of anilines is 1. The van der Waals surface area contributed by atoms with Gasteiger partial charge in [0.2, 0.25) is 0 Å². The van der Waals surface area contributed by atoms with Gasteiger partial charge in [0.15, 0.2) is 12.4 Å². The van der Waals surface area contributed by atoms with Crippen LogP contribution in [0.3, 0.4) is 0 Å². The van der Waals surface area contributed by atoms with Crippen LogP contribution in [-0.2, 0) is 4.79 Å². The highest BCUT2D eigenvalue weighted by molar-refractivity contribution is 5.96. The first kappa shape index (κ1) is 16.2. The fraction of sp³-hybridized carbons (Fsp3) is 0.125. The summed E-state index contributed by atoms with van der Waals surface area (Å²) in [6.07, 6.45) is 0. The van der Waals surface area contributed by atoms with Gasteiger partial charge in [-0.05, 0) is 18.2 Å². The van der Waals surface area contributed by atoms with Gasteiger partial charge in [-0.1, -0.05) is 0 Å². The average Bonchev–Trinajstić information content (AvgIpc) is 2.60. The Kier molecular flexibility index (Phi) is 4.21. The number of hydrogen-bond donors (Lipinski definition) is 1. The maximum atomic E-state index is 12.2. The zero-order valence-corrected chi connectivity index (χ0v) is 13.0. The van der Waals surface area contributed by atoms with Gasteiger partial charge in [0.25, 0.3) is 5.91 Å². The largest absolute Gasteiger partial charge is 0.490 e. The van der Waals surface area contributed by atoms with Gasteiger partial charge in [-0.25, -0.2) is 4.79 Å². The van der Waals surface area contributed by atoms with Crippen molar-refractivity contribution in [2.75, 3.05) is 19.0 Å². The maximum absolute atomic E-state index is 12.2. The monoisotopic (exact) mass is 344 g/mol. The lowest BCUT2D eigenvalue weighted by atomic mass is 10.2. The van der Waals surface area contributed by atoms with Gasteiger partial charge >= 0.3 is 11.7 Å². The summed E-state index contributed by atoms with van der Waals surface area (Å²) in [7, 11) is 1.27. The van der Waals surface area contributed by atoms with Crippen molar-refractivity contribution in [3.05, 3.63) is 52.1 Å². The second-order valence-electron chi connectivity index (χ2n) is 5.03. The SMILES string of the molecule is COc1cc(C(=O)Oc2ccc3c(c2)NC(=O)CO3)ccc1[N+](=O)[O-]. The molecule has 2 aromatic rings. The second kappa shape index (κ2) is 6.48. The van der Waals surface area contributed by atoms with Crippen LogP contribution in [0.15, 0.2) is 36.4 Å². The lowest BCUT2D eigenvalue weighted by Gasteiger charge is -2.18. The van der Waals surface area contributed by atoms with Crippen LogP contribution in [0.1, 0.15) is 10.4 Å². The van der Waals surface area contributed by atoms with Gasteiger partial charge in [0, 0.05) is 18.2 Å². The van der Waals surface area contributed by atoms with E-state index in [4.69, 9.17) is 14.2 Å². The van der Waals surface area contributed by atoms with Crippen LogP contribution in [0.4, 0.5) is 11.4 Å². The van der Waals surface area contributed by atoms with Crippen molar-refractivity contribution in [3.8, 4) is 17.2 Å². The summed E-state index contributed by atoms with van der Waals surface area (Å²) in [5.41, 5.74) is 0.218. The van der Waals surface area contributed by atoms with Gasteiger partial charge in [0.05, 0.1) is 23.3 Å². The molecule has 25 heavy (non-hydrogen) atoms. The number of nitrogens with zero attached hydrogens (tertiary/aromatic N) is 1. The van der Waals surface area contributed by atoms with Crippen molar-refractivity contribution >= 4 is 23.3 Å². The normalized spacial score (nSPS) is 12.4. The molecule has 0 unspecified atom stereocenters. The van der Waals surface area contributed by atoms with Crippen molar-refractivity contribution < 1.29 is 28.7 Å². The van der Waals surface area contributed by atoms with Gasteiger partial charge < -0.3 is 19.5 Å². The molecular formula is C16H12N2O7. The molecule has 0 atom stereocenters. The molecule has 0 aliphatic carbocycles. The van der Waals surface area contributed by atoms with Crippen molar-refractivity contribution in [1.82, 2.24) is 0 Å². The van der Waals surface area contributed by atoms with Crippen molar-refractivity contribution in [2.24, 2.45) is 0 Å². The molecule has 1 N–H and O–H groups in total. The van der Waals surface area contributed by atoms with Crippen LogP contribution in [0.5, 0.6) is 17.2 Å². The van der Waals surface area contributed by atoms with Crippen molar-refractivity contribution in [3.63, 3.8) is 0 Å². The molecule has 0 saturated carbocycles. The number of hydrogen-bond acceptors (Lipinski definition) is 7. The Hall–Kier alpha value is -3.62. The van der Waals surface area contributed by atoms with E-state index < -0.39 is 10.9 Å². The Balaban J connectivity index is 1.82. The van der Waals surface area contributed by atoms with Crippen molar-refractivity contribution in [2.45, 2.75) is 0 Å². The van der Waals surface area contributed by atoms with E-state index in [1.165, 1.54) is 31.4 Å². The topological polar surface area (TPSA) is 117 Å². The molecule has 1 aliphatic heterocycles. The average molecular weight is 344 g/mol. The minimum absolute atomic E-state index is 0.0504. The highest BCUT2D eigenvalue weighted by atomic mass is 16.6. The number of rotatable bonds is 4. The molecule has 0 bridgehead atoms. The van der Waals surface area contributed by atoms with E-state index in [0.717, 1.165) is 6.07 Å². The number of carbonyl (C=O) groups is 2. The first-order valence-electron chi connectivity index (χ1n) is 7.09. The van der Waals surface area contributed by atoms with E-state index >= 15 is 0 Å². The number of esters is 1. The number of fused-ring (bicyclic) bond motifs is 1. The Labute approximate surface area is 141 Å². The molecule has 0 radical (unpaired) electrons. The molecule has 1 aliphatic rings. The molecule has 1 heterocycles. The zero-order valence-electron chi connectivity index (χ0n) is 13.0. The molecule has 0 aromatic heterocycles. The highest BCUT2D eigenvalue weighted by Crippen LogP contribution is 2.32. The van der Waals surface area contributed by atoms with Crippen LogP contribution in [0.2, 0.25) is 0 Å². The lowest BCUT2D eigenvalue weighted by Crippen LogP contribution is -2.25. The minimum Gasteiger partial charge on any atom is -0.490 e. The first-order valence-corrected chi connectivity index (χ1v) is 7.09. The highest BCUT2D eigenvalue weighted by Gasteiger charge is 2.20. The number of carbonyl (C=O) groups excluding carboxylic acids is 2. The van der Waals surface area contributed by atoms with Gasteiger partial charge in [0.1, 0.15) is 11.5 Å². The predicted molar refractivity (Wildman–Crippen MR) is 85.2 cm³/mol. The third-order valence-corrected chi connectivity index (χ3v) is 3.41. The third-order valence-electron chi connectivity index (χ3n) is 3.41. The molecule has 0 spiro atoms. The molecule has 0 fully saturated rings. The van der Waals surface area contributed by atoms with E-state index in [9.17, 15) is 19.7 Å². The standard InChI is InChI=1S/C16H12N2O7/c1-23-14-6-9(2-4-12(14)18(21)22)16(20)25-10-3-5-13-11(7-10)17-15(19)8-24-13/h2-7H,8H2,1H3,(H,17,19). The van der Waals surface area contributed by atoms with E-state index in [1.54, 1.807) is 6.07 Å². The van der Waals surface area contributed by atoms with Gasteiger partial charge in [-0.2, -0.15) is 0 Å². The maximum Gasteiger partial charge on any atom is 0.343 e. The van der Waals surface area contributed by atoms with Crippen LogP contribution in [0.25, 0.3) is 0 Å². The third kappa shape index (κ3) is 3.34. The van der Waals surface area contributed by atoms with Crippen LogP contribution < -0.4 is 19.5 Å². The van der Waals surface area contributed by atoms with Crippen LogP contribution in [0, 0.1) is 10.1 Å². The first-order chi connectivity index (χ1) is 12.0. The molecule has 9 nitrogen and oxygen atoms in total. The minimum atomic E-state index is -0.726. The Morgan fingerprint density at radius 3 is 2.80 bits per heavy atom. The zero-order chi connectivity index (χ0) is 18.0. The summed E-state index contributed by atoms with van der Waals surface area (Å²) >= 11 is 0. The smallest absolute Gasteiger partial charge is 0.343 e. The summed E-state index contributed by atoms with van der Waals surface area (Å²) in [5, 5.41) is 13.5. The van der Waals surface area contributed by atoms with E-state index in [-0.39, 0.29) is 35.3 Å². The number of nitro groups is 1. The summed E-state index contributed by atoms with van der Waals surface area (Å²) < 4.78 is 15.4. The number of amides is 1. The summed E-state index contributed by atoms with van der Waals surface area (Å²) in [5.74, 6) is -0.430.